The number of fused-ring (bicyclic) bond motifs is 3. The van der Waals surface area contributed by atoms with Crippen LogP contribution in [0.3, 0.4) is 0 Å². The van der Waals surface area contributed by atoms with Gasteiger partial charge in [0.1, 0.15) is 17.3 Å². The van der Waals surface area contributed by atoms with Crippen LogP contribution in [-0.4, -0.2) is 15.3 Å². The van der Waals surface area contributed by atoms with E-state index < -0.39 is 0 Å². The maximum atomic E-state index is 10.3. The van der Waals surface area contributed by atoms with E-state index in [1.807, 2.05) is 6.08 Å². The summed E-state index contributed by atoms with van der Waals surface area (Å²) in [5.41, 5.74) is 1.94. The van der Waals surface area contributed by atoms with Crippen LogP contribution in [0.5, 0.6) is 11.5 Å². The Hall–Kier alpha value is -1.90. The molecule has 0 saturated heterocycles. The highest BCUT2D eigenvalue weighted by Crippen LogP contribution is 2.55. The SMILES string of the molecule is OC1=CCC([C@@H]2Cc3c(O)ccc(O)c3[C@@H]3CCC[C@@H]32)C=C1. The molecule has 0 aliphatic heterocycles. The molecular formula is C19H22O3. The number of aromatic hydroxyl groups is 2. The van der Waals surface area contributed by atoms with Crippen molar-refractivity contribution < 1.29 is 15.3 Å². The van der Waals surface area contributed by atoms with Crippen LogP contribution in [0.1, 0.15) is 42.7 Å². The van der Waals surface area contributed by atoms with Crippen LogP contribution >= 0.6 is 0 Å². The quantitative estimate of drug-likeness (QED) is 0.682. The Kier molecular flexibility index (Phi) is 3.17. The summed E-state index contributed by atoms with van der Waals surface area (Å²) in [6.07, 6.45) is 11.0. The first-order valence-electron chi connectivity index (χ1n) is 8.26. The molecule has 4 atom stereocenters. The Morgan fingerprint density at radius 1 is 0.955 bits per heavy atom. The topological polar surface area (TPSA) is 60.7 Å². The minimum atomic E-state index is 0.321. The van der Waals surface area contributed by atoms with Crippen molar-refractivity contribution >= 4 is 0 Å². The van der Waals surface area contributed by atoms with E-state index >= 15 is 0 Å². The third kappa shape index (κ3) is 2.03. The van der Waals surface area contributed by atoms with Crippen molar-refractivity contribution in [2.24, 2.45) is 17.8 Å². The predicted octanol–water partition coefficient (Wildman–Crippen LogP) is 4.17. The van der Waals surface area contributed by atoms with E-state index in [0.717, 1.165) is 30.4 Å². The molecule has 1 aromatic rings. The minimum Gasteiger partial charge on any atom is -0.508 e. The number of rotatable bonds is 1. The van der Waals surface area contributed by atoms with Gasteiger partial charge in [0.25, 0.3) is 0 Å². The first-order valence-corrected chi connectivity index (χ1v) is 8.26. The zero-order valence-corrected chi connectivity index (χ0v) is 12.6. The van der Waals surface area contributed by atoms with Gasteiger partial charge in [-0.25, -0.2) is 0 Å². The molecule has 116 valence electrons. The van der Waals surface area contributed by atoms with E-state index in [1.165, 1.54) is 12.8 Å². The van der Waals surface area contributed by atoms with Gasteiger partial charge in [-0.15, -0.1) is 0 Å². The Bertz CT molecular complexity index is 659. The van der Waals surface area contributed by atoms with E-state index in [0.29, 0.717) is 40.9 Å². The molecule has 3 aliphatic carbocycles. The van der Waals surface area contributed by atoms with Gasteiger partial charge in [-0.1, -0.05) is 12.5 Å². The van der Waals surface area contributed by atoms with E-state index in [-0.39, 0.29) is 0 Å². The lowest BCUT2D eigenvalue weighted by molar-refractivity contribution is 0.217. The second kappa shape index (κ2) is 5.08. The lowest BCUT2D eigenvalue weighted by Gasteiger charge is -2.40. The van der Waals surface area contributed by atoms with Crippen molar-refractivity contribution in [3.05, 3.63) is 47.2 Å². The highest BCUT2D eigenvalue weighted by atomic mass is 16.3. The molecule has 3 aliphatic rings. The largest absolute Gasteiger partial charge is 0.508 e. The minimum absolute atomic E-state index is 0.321. The van der Waals surface area contributed by atoms with E-state index in [9.17, 15) is 15.3 Å². The zero-order chi connectivity index (χ0) is 15.3. The van der Waals surface area contributed by atoms with Crippen LogP contribution in [0, 0.1) is 17.8 Å². The summed E-state index contributed by atoms with van der Waals surface area (Å²) in [6, 6.07) is 3.24. The average molecular weight is 298 g/mol. The lowest BCUT2D eigenvalue weighted by Crippen LogP contribution is -2.32. The third-order valence-electron chi connectivity index (χ3n) is 5.90. The highest BCUT2D eigenvalue weighted by Gasteiger charge is 2.44. The summed E-state index contributed by atoms with van der Waals surface area (Å²) < 4.78 is 0. The summed E-state index contributed by atoms with van der Waals surface area (Å²) in [4.78, 5) is 0. The zero-order valence-electron chi connectivity index (χ0n) is 12.6. The highest BCUT2D eigenvalue weighted by molar-refractivity contribution is 5.52. The normalized spacial score (nSPS) is 33.2. The smallest absolute Gasteiger partial charge is 0.119 e. The molecule has 3 nitrogen and oxygen atoms in total. The van der Waals surface area contributed by atoms with Crippen molar-refractivity contribution in [1.82, 2.24) is 0 Å². The number of benzene rings is 1. The molecule has 0 amide bonds. The summed E-state index contributed by atoms with van der Waals surface area (Å²) in [5.74, 6) is 2.86. The van der Waals surface area contributed by atoms with Gasteiger partial charge in [0, 0.05) is 11.1 Å². The summed E-state index contributed by atoms with van der Waals surface area (Å²) >= 11 is 0. The summed E-state index contributed by atoms with van der Waals surface area (Å²) in [7, 11) is 0. The monoisotopic (exact) mass is 298 g/mol. The molecule has 1 fully saturated rings. The molecule has 1 aromatic carbocycles. The summed E-state index contributed by atoms with van der Waals surface area (Å²) in [5, 5.41) is 30.1. The fourth-order valence-corrected chi connectivity index (χ4v) is 4.93. The van der Waals surface area contributed by atoms with Crippen LogP contribution in [0.25, 0.3) is 0 Å². The Labute approximate surface area is 130 Å². The maximum Gasteiger partial charge on any atom is 0.119 e. The number of aliphatic hydroxyl groups excluding tert-OH is 1. The molecule has 3 N–H and O–H groups in total. The van der Waals surface area contributed by atoms with Crippen LogP contribution < -0.4 is 0 Å². The fourth-order valence-electron chi connectivity index (χ4n) is 4.93. The second-order valence-corrected chi connectivity index (χ2v) is 6.95. The van der Waals surface area contributed by atoms with E-state index in [2.05, 4.69) is 6.08 Å². The standard InChI is InChI=1S/C19H22O3/c20-12-6-4-11(5-7-12)15-10-16-17(21)8-9-18(22)19(16)14-3-1-2-13(14)15/h4,6-9,11,13-15,20-22H,1-3,5,10H2/t11?,13-,14+,15-/m0/s1. The Balaban J connectivity index is 1.74. The number of phenols is 2. The molecule has 4 rings (SSSR count). The molecule has 0 heterocycles. The second-order valence-electron chi connectivity index (χ2n) is 6.95. The van der Waals surface area contributed by atoms with Gasteiger partial charge in [-0.2, -0.15) is 0 Å². The molecule has 0 bridgehead atoms. The number of aliphatic hydroxyl groups is 1. The Morgan fingerprint density at radius 2 is 1.77 bits per heavy atom. The maximum absolute atomic E-state index is 10.3. The fraction of sp³-hybridized carbons (Fsp3) is 0.474. The molecule has 0 spiro atoms. The van der Waals surface area contributed by atoms with Gasteiger partial charge in [0.05, 0.1) is 0 Å². The number of hydrogen-bond acceptors (Lipinski definition) is 3. The molecule has 0 radical (unpaired) electrons. The molecular weight excluding hydrogens is 276 g/mol. The summed E-state index contributed by atoms with van der Waals surface area (Å²) in [6.45, 7) is 0. The van der Waals surface area contributed by atoms with Gasteiger partial charge in [0.15, 0.2) is 0 Å². The predicted molar refractivity (Wildman–Crippen MR) is 85.0 cm³/mol. The van der Waals surface area contributed by atoms with Crippen molar-refractivity contribution in [2.45, 2.75) is 38.0 Å². The van der Waals surface area contributed by atoms with Gasteiger partial charge in [-0.3, -0.25) is 0 Å². The molecule has 0 aromatic heterocycles. The van der Waals surface area contributed by atoms with Crippen molar-refractivity contribution in [3.63, 3.8) is 0 Å². The van der Waals surface area contributed by atoms with Gasteiger partial charge >= 0.3 is 0 Å². The lowest BCUT2D eigenvalue weighted by atomic mass is 9.64. The number of allylic oxidation sites excluding steroid dienone is 3. The molecule has 22 heavy (non-hydrogen) atoms. The molecule has 1 unspecified atom stereocenters. The van der Waals surface area contributed by atoms with Crippen molar-refractivity contribution in [2.75, 3.05) is 0 Å². The Morgan fingerprint density at radius 3 is 2.55 bits per heavy atom. The average Bonchev–Trinajstić information content (AvgIpc) is 3.00. The van der Waals surface area contributed by atoms with Gasteiger partial charge in [-0.05, 0) is 73.6 Å². The first kappa shape index (κ1) is 13.7. The molecule has 1 saturated carbocycles. The van der Waals surface area contributed by atoms with Crippen molar-refractivity contribution in [1.29, 1.82) is 0 Å². The van der Waals surface area contributed by atoms with Gasteiger partial charge < -0.3 is 15.3 Å². The van der Waals surface area contributed by atoms with Crippen LogP contribution in [0.15, 0.2) is 36.1 Å². The van der Waals surface area contributed by atoms with E-state index in [4.69, 9.17) is 0 Å². The van der Waals surface area contributed by atoms with Gasteiger partial charge in [0.2, 0.25) is 0 Å². The third-order valence-corrected chi connectivity index (χ3v) is 5.90. The number of phenolic OH excluding ortho intramolecular Hbond substituents is 2. The molecule has 3 heteroatoms. The first-order chi connectivity index (χ1) is 10.6. The van der Waals surface area contributed by atoms with Crippen LogP contribution in [0.2, 0.25) is 0 Å². The van der Waals surface area contributed by atoms with Crippen molar-refractivity contribution in [3.8, 4) is 11.5 Å². The van der Waals surface area contributed by atoms with Crippen LogP contribution in [-0.2, 0) is 6.42 Å². The van der Waals surface area contributed by atoms with Crippen LogP contribution in [0.4, 0.5) is 0 Å². The number of hydrogen-bond donors (Lipinski definition) is 3. The van der Waals surface area contributed by atoms with E-state index in [1.54, 1.807) is 18.2 Å².